The Morgan fingerprint density at radius 1 is 1.41 bits per heavy atom. The van der Waals surface area contributed by atoms with E-state index in [0.29, 0.717) is 23.6 Å². The highest BCUT2D eigenvalue weighted by Crippen LogP contribution is 2.40. The summed E-state index contributed by atoms with van der Waals surface area (Å²) < 4.78 is 5.69. The molecule has 1 aromatic heterocycles. The van der Waals surface area contributed by atoms with Gasteiger partial charge in [-0.2, -0.15) is 0 Å². The van der Waals surface area contributed by atoms with Crippen molar-refractivity contribution in [3.8, 4) is 0 Å². The van der Waals surface area contributed by atoms with Crippen LogP contribution in [0.4, 0.5) is 0 Å². The van der Waals surface area contributed by atoms with Crippen molar-refractivity contribution in [3.63, 3.8) is 0 Å². The molecule has 0 spiro atoms. The van der Waals surface area contributed by atoms with E-state index in [1.807, 2.05) is 18.2 Å². The maximum atomic E-state index is 10.5. The van der Waals surface area contributed by atoms with Gasteiger partial charge in [0.05, 0.1) is 0 Å². The number of fused-ring (bicyclic) bond motifs is 1. The summed E-state index contributed by atoms with van der Waals surface area (Å²) in [5.41, 5.74) is 5.68. The second kappa shape index (κ2) is 3.73. The maximum Gasteiger partial charge on any atom is 0.136 e. The molecule has 0 radical (unpaired) electrons. The predicted molar refractivity (Wildman–Crippen MR) is 66.9 cm³/mol. The number of aliphatic hydroxyl groups is 1. The van der Waals surface area contributed by atoms with E-state index in [1.165, 1.54) is 0 Å². The highest BCUT2D eigenvalue weighted by molar-refractivity contribution is 6.31. The van der Waals surface area contributed by atoms with E-state index in [4.69, 9.17) is 21.8 Å². The monoisotopic (exact) mass is 251 g/mol. The molecule has 1 heterocycles. The summed E-state index contributed by atoms with van der Waals surface area (Å²) in [5.74, 6) is 0.600. The van der Waals surface area contributed by atoms with Crippen LogP contribution in [0.25, 0.3) is 11.0 Å². The zero-order chi connectivity index (χ0) is 12.0. The second-order valence-electron chi connectivity index (χ2n) is 4.83. The summed E-state index contributed by atoms with van der Waals surface area (Å²) in [6.07, 6.45) is 2.04. The van der Waals surface area contributed by atoms with Gasteiger partial charge in [0, 0.05) is 16.5 Å². The van der Waals surface area contributed by atoms with Crippen LogP contribution in [0.1, 0.15) is 25.0 Å². The minimum atomic E-state index is -0.912. The lowest BCUT2D eigenvalue weighted by Gasteiger charge is -2.18. The lowest BCUT2D eigenvalue weighted by Crippen LogP contribution is -2.24. The van der Waals surface area contributed by atoms with Crippen molar-refractivity contribution in [3.05, 3.63) is 35.0 Å². The Hall–Kier alpha value is -1.03. The first-order valence-electron chi connectivity index (χ1n) is 5.74. The number of rotatable bonds is 1. The van der Waals surface area contributed by atoms with E-state index in [0.717, 1.165) is 17.4 Å². The number of halogens is 1. The second-order valence-corrected chi connectivity index (χ2v) is 5.26. The molecule has 1 aliphatic rings. The van der Waals surface area contributed by atoms with Gasteiger partial charge in [0.1, 0.15) is 16.9 Å². The summed E-state index contributed by atoms with van der Waals surface area (Å²) in [6.45, 7) is 0. The molecule has 90 valence electrons. The van der Waals surface area contributed by atoms with Gasteiger partial charge in [0.15, 0.2) is 0 Å². The van der Waals surface area contributed by atoms with E-state index in [1.54, 1.807) is 6.07 Å². The third kappa shape index (κ3) is 1.84. The highest BCUT2D eigenvalue weighted by atomic mass is 35.5. The molecular weight excluding hydrogens is 238 g/mol. The first-order valence-corrected chi connectivity index (χ1v) is 6.12. The first-order chi connectivity index (χ1) is 8.07. The van der Waals surface area contributed by atoms with Crippen LogP contribution in [0.2, 0.25) is 5.02 Å². The lowest BCUT2D eigenvalue weighted by molar-refractivity contribution is 0.0222. The van der Waals surface area contributed by atoms with Crippen LogP contribution < -0.4 is 5.73 Å². The molecule has 0 bridgehead atoms. The van der Waals surface area contributed by atoms with Crippen LogP contribution in [-0.2, 0) is 5.60 Å². The number of hydrogen-bond donors (Lipinski definition) is 2. The van der Waals surface area contributed by atoms with Crippen molar-refractivity contribution < 1.29 is 9.52 Å². The van der Waals surface area contributed by atoms with E-state index < -0.39 is 5.60 Å². The van der Waals surface area contributed by atoms with Gasteiger partial charge < -0.3 is 15.3 Å². The zero-order valence-electron chi connectivity index (χ0n) is 9.32. The summed E-state index contributed by atoms with van der Waals surface area (Å²) in [5, 5.41) is 12.1. The number of hydrogen-bond acceptors (Lipinski definition) is 3. The minimum Gasteiger partial charge on any atom is -0.458 e. The van der Waals surface area contributed by atoms with Gasteiger partial charge in [0.25, 0.3) is 0 Å². The van der Waals surface area contributed by atoms with Crippen molar-refractivity contribution in [2.24, 2.45) is 5.73 Å². The molecule has 1 aromatic carbocycles. The predicted octanol–water partition coefficient (Wildman–Crippen LogP) is 2.79. The van der Waals surface area contributed by atoms with Crippen LogP contribution in [0, 0.1) is 0 Å². The fourth-order valence-electron chi connectivity index (χ4n) is 2.53. The molecule has 1 fully saturated rings. The normalized spacial score (nSPS) is 29.0. The fourth-order valence-corrected chi connectivity index (χ4v) is 2.71. The molecule has 17 heavy (non-hydrogen) atoms. The summed E-state index contributed by atoms with van der Waals surface area (Å²) in [4.78, 5) is 0. The Morgan fingerprint density at radius 2 is 2.24 bits per heavy atom. The molecule has 3 rings (SSSR count). The van der Waals surface area contributed by atoms with Crippen LogP contribution >= 0.6 is 11.6 Å². The molecule has 0 amide bonds. The number of benzene rings is 1. The molecular formula is C13H14ClNO2. The zero-order valence-corrected chi connectivity index (χ0v) is 10.1. The van der Waals surface area contributed by atoms with E-state index in [9.17, 15) is 5.11 Å². The van der Waals surface area contributed by atoms with E-state index in [2.05, 4.69) is 0 Å². The Balaban J connectivity index is 2.06. The van der Waals surface area contributed by atoms with E-state index >= 15 is 0 Å². The summed E-state index contributed by atoms with van der Waals surface area (Å²) in [6, 6.07) is 7.35. The largest absolute Gasteiger partial charge is 0.458 e. The van der Waals surface area contributed by atoms with E-state index in [-0.39, 0.29) is 6.04 Å². The SMILES string of the molecule is NC1CCC(O)(c2cc3cc(Cl)ccc3o2)C1. The van der Waals surface area contributed by atoms with Gasteiger partial charge in [-0.15, -0.1) is 0 Å². The van der Waals surface area contributed by atoms with Gasteiger partial charge in [-0.1, -0.05) is 11.6 Å². The van der Waals surface area contributed by atoms with Gasteiger partial charge in [-0.25, -0.2) is 0 Å². The summed E-state index contributed by atoms with van der Waals surface area (Å²) >= 11 is 5.92. The number of furan rings is 1. The van der Waals surface area contributed by atoms with Gasteiger partial charge in [0.2, 0.25) is 0 Å². The molecule has 1 saturated carbocycles. The Bertz CT molecular complexity index is 566. The topological polar surface area (TPSA) is 59.4 Å². The third-order valence-corrected chi connectivity index (χ3v) is 3.70. The van der Waals surface area contributed by atoms with Crippen LogP contribution in [0.5, 0.6) is 0 Å². The number of nitrogens with two attached hydrogens (primary N) is 1. The Labute approximate surface area is 104 Å². The summed E-state index contributed by atoms with van der Waals surface area (Å²) in [7, 11) is 0. The van der Waals surface area contributed by atoms with Crippen molar-refractivity contribution in [1.29, 1.82) is 0 Å². The van der Waals surface area contributed by atoms with Gasteiger partial charge >= 0.3 is 0 Å². The van der Waals surface area contributed by atoms with Crippen molar-refractivity contribution in [1.82, 2.24) is 0 Å². The molecule has 2 aromatic rings. The molecule has 2 unspecified atom stereocenters. The average molecular weight is 252 g/mol. The molecule has 3 nitrogen and oxygen atoms in total. The quantitative estimate of drug-likeness (QED) is 0.819. The van der Waals surface area contributed by atoms with Crippen LogP contribution in [0.15, 0.2) is 28.7 Å². The van der Waals surface area contributed by atoms with Gasteiger partial charge in [-0.05, 0) is 43.5 Å². The molecule has 2 atom stereocenters. The van der Waals surface area contributed by atoms with Crippen molar-refractivity contribution in [2.45, 2.75) is 30.9 Å². The third-order valence-electron chi connectivity index (χ3n) is 3.47. The Morgan fingerprint density at radius 3 is 2.94 bits per heavy atom. The molecule has 0 aliphatic heterocycles. The average Bonchev–Trinajstić information content (AvgIpc) is 2.83. The molecule has 3 N–H and O–H groups in total. The van der Waals surface area contributed by atoms with Crippen molar-refractivity contribution in [2.75, 3.05) is 0 Å². The Kier molecular flexibility index (Phi) is 2.43. The smallest absolute Gasteiger partial charge is 0.136 e. The molecule has 1 aliphatic carbocycles. The maximum absolute atomic E-state index is 10.5. The first kappa shape index (κ1) is 11.1. The molecule has 0 saturated heterocycles. The highest BCUT2D eigenvalue weighted by Gasteiger charge is 2.40. The van der Waals surface area contributed by atoms with Crippen LogP contribution in [0.3, 0.4) is 0 Å². The van der Waals surface area contributed by atoms with Crippen LogP contribution in [-0.4, -0.2) is 11.1 Å². The van der Waals surface area contributed by atoms with Crippen molar-refractivity contribution >= 4 is 22.6 Å². The minimum absolute atomic E-state index is 0.0526. The molecule has 4 heteroatoms. The van der Waals surface area contributed by atoms with Gasteiger partial charge in [-0.3, -0.25) is 0 Å². The fraction of sp³-hybridized carbons (Fsp3) is 0.385. The standard InChI is InChI=1S/C13H14ClNO2/c14-9-1-2-11-8(5-9)6-12(17-11)13(16)4-3-10(15)7-13/h1-2,5-6,10,16H,3-4,7,15H2. The lowest BCUT2D eigenvalue weighted by atomic mass is 9.98.